The number of hydrogen-bond acceptors (Lipinski definition) is 6. The van der Waals surface area contributed by atoms with Crippen LogP contribution in [-0.4, -0.2) is 41.7 Å². The summed E-state index contributed by atoms with van der Waals surface area (Å²) in [5.41, 5.74) is 12.2. The number of carbonyl (C=O) groups is 1. The predicted molar refractivity (Wildman–Crippen MR) is 71.6 cm³/mol. The molecule has 7 heteroatoms. The predicted octanol–water partition coefficient (Wildman–Crippen LogP) is -0.298. The minimum atomic E-state index is -0.501. The van der Waals surface area contributed by atoms with Gasteiger partial charge >= 0.3 is 0 Å². The van der Waals surface area contributed by atoms with Crippen LogP contribution >= 0.6 is 0 Å². The van der Waals surface area contributed by atoms with Crippen LogP contribution in [0.1, 0.15) is 18.9 Å². The third kappa shape index (κ3) is 2.76. The Morgan fingerprint density at radius 2 is 2.37 bits per heavy atom. The molecule has 0 radical (unpaired) electrons. The highest BCUT2D eigenvalue weighted by molar-refractivity contribution is 5.84. The zero-order valence-electron chi connectivity index (χ0n) is 11.0. The Hall–Kier alpha value is -1.89. The van der Waals surface area contributed by atoms with E-state index in [1.54, 1.807) is 0 Å². The van der Waals surface area contributed by atoms with Crippen LogP contribution in [0.4, 0.5) is 11.6 Å². The number of rotatable bonds is 4. The lowest BCUT2D eigenvalue weighted by Gasteiger charge is -2.35. The SMILES string of the molecule is CCCc1c(N)ncnc1N1CCOCC1C(N)=O. The first-order chi connectivity index (χ1) is 9.15. The molecule has 1 amide bonds. The molecule has 2 heterocycles. The van der Waals surface area contributed by atoms with E-state index < -0.39 is 11.9 Å². The first-order valence-electron chi connectivity index (χ1n) is 6.38. The van der Waals surface area contributed by atoms with Gasteiger partial charge in [0.05, 0.1) is 13.2 Å². The number of primary amides is 1. The van der Waals surface area contributed by atoms with E-state index >= 15 is 0 Å². The standard InChI is InChI=1S/C12H19N5O2/c1-2-3-8-10(13)15-7-16-12(8)17-4-5-19-6-9(17)11(14)18/h7,9H,2-6H2,1H3,(H2,14,18)(H2,13,15,16). The highest BCUT2D eigenvalue weighted by atomic mass is 16.5. The summed E-state index contributed by atoms with van der Waals surface area (Å²) in [5, 5.41) is 0. The second-order valence-electron chi connectivity index (χ2n) is 4.50. The van der Waals surface area contributed by atoms with Gasteiger partial charge in [0.15, 0.2) is 0 Å². The van der Waals surface area contributed by atoms with Gasteiger partial charge in [-0.25, -0.2) is 9.97 Å². The van der Waals surface area contributed by atoms with Crippen molar-refractivity contribution in [2.75, 3.05) is 30.4 Å². The molecule has 0 saturated carbocycles. The number of ether oxygens (including phenoxy) is 1. The lowest BCUT2D eigenvalue weighted by atomic mass is 10.1. The Bertz CT molecular complexity index is 465. The molecule has 0 aromatic carbocycles. The van der Waals surface area contributed by atoms with Crippen LogP contribution in [0.3, 0.4) is 0 Å². The molecule has 0 spiro atoms. The molecule has 19 heavy (non-hydrogen) atoms. The summed E-state index contributed by atoms with van der Waals surface area (Å²) >= 11 is 0. The summed E-state index contributed by atoms with van der Waals surface area (Å²) in [4.78, 5) is 21.7. The molecule has 1 aromatic rings. The summed E-state index contributed by atoms with van der Waals surface area (Å²) in [6.07, 6.45) is 3.11. The van der Waals surface area contributed by atoms with Crippen molar-refractivity contribution in [3.63, 3.8) is 0 Å². The number of hydrogen-bond donors (Lipinski definition) is 2. The Labute approximate surface area is 111 Å². The van der Waals surface area contributed by atoms with E-state index in [-0.39, 0.29) is 6.61 Å². The average molecular weight is 265 g/mol. The Morgan fingerprint density at radius 3 is 3.05 bits per heavy atom. The first kappa shape index (κ1) is 13.5. The molecule has 0 aliphatic carbocycles. The van der Waals surface area contributed by atoms with Gasteiger partial charge in [-0.1, -0.05) is 13.3 Å². The Morgan fingerprint density at radius 1 is 1.58 bits per heavy atom. The monoisotopic (exact) mass is 265 g/mol. The molecule has 0 bridgehead atoms. The van der Waals surface area contributed by atoms with Gasteiger partial charge in [0.1, 0.15) is 24.0 Å². The molecule has 1 aliphatic heterocycles. The van der Waals surface area contributed by atoms with E-state index in [9.17, 15) is 4.79 Å². The van der Waals surface area contributed by atoms with Gasteiger partial charge in [-0.05, 0) is 6.42 Å². The van der Waals surface area contributed by atoms with Gasteiger partial charge in [0.2, 0.25) is 5.91 Å². The number of nitrogens with two attached hydrogens (primary N) is 2. The minimum Gasteiger partial charge on any atom is -0.383 e. The molecule has 2 rings (SSSR count). The molecule has 7 nitrogen and oxygen atoms in total. The maximum atomic E-state index is 11.5. The van der Waals surface area contributed by atoms with Crippen LogP contribution in [0.15, 0.2) is 6.33 Å². The molecule has 1 aliphatic rings. The molecule has 1 aromatic heterocycles. The van der Waals surface area contributed by atoms with E-state index in [1.165, 1.54) is 6.33 Å². The molecule has 4 N–H and O–H groups in total. The fraction of sp³-hybridized carbons (Fsp3) is 0.583. The maximum absolute atomic E-state index is 11.5. The van der Waals surface area contributed by atoms with Crippen LogP contribution in [-0.2, 0) is 16.0 Å². The molecule has 1 saturated heterocycles. The number of nitrogen functional groups attached to an aromatic ring is 1. The lowest BCUT2D eigenvalue weighted by molar-refractivity contribution is -0.121. The van der Waals surface area contributed by atoms with Crippen molar-refractivity contribution in [2.24, 2.45) is 5.73 Å². The van der Waals surface area contributed by atoms with Crippen molar-refractivity contribution < 1.29 is 9.53 Å². The van der Waals surface area contributed by atoms with Gasteiger partial charge in [-0.2, -0.15) is 0 Å². The number of amides is 1. The van der Waals surface area contributed by atoms with Crippen molar-refractivity contribution in [2.45, 2.75) is 25.8 Å². The number of nitrogens with zero attached hydrogens (tertiary/aromatic N) is 3. The van der Waals surface area contributed by atoms with Crippen LogP contribution in [0, 0.1) is 0 Å². The van der Waals surface area contributed by atoms with Crippen LogP contribution in [0.5, 0.6) is 0 Å². The Kier molecular flexibility index (Phi) is 4.16. The fourth-order valence-corrected chi connectivity index (χ4v) is 2.25. The third-order valence-electron chi connectivity index (χ3n) is 3.18. The maximum Gasteiger partial charge on any atom is 0.242 e. The van der Waals surface area contributed by atoms with Gasteiger partial charge < -0.3 is 21.1 Å². The molecule has 1 fully saturated rings. The van der Waals surface area contributed by atoms with Gasteiger partial charge in [-0.3, -0.25) is 4.79 Å². The van der Waals surface area contributed by atoms with Crippen molar-refractivity contribution in [1.82, 2.24) is 9.97 Å². The number of morpholine rings is 1. The zero-order valence-corrected chi connectivity index (χ0v) is 11.0. The van der Waals surface area contributed by atoms with E-state index in [2.05, 4.69) is 16.9 Å². The number of aromatic nitrogens is 2. The zero-order chi connectivity index (χ0) is 13.8. The highest BCUT2D eigenvalue weighted by Crippen LogP contribution is 2.25. The number of anilines is 2. The topological polar surface area (TPSA) is 107 Å². The largest absolute Gasteiger partial charge is 0.383 e. The van der Waals surface area contributed by atoms with E-state index in [0.717, 1.165) is 18.4 Å². The summed E-state index contributed by atoms with van der Waals surface area (Å²) < 4.78 is 5.31. The summed E-state index contributed by atoms with van der Waals surface area (Å²) in [6, 6.07) is -0.501. The molecular weight excluding hydrogens is 246 g/mol. The van der Waals surface area contributed by atoms with Gasteiger partial charge in [0.25, 0.3) is 0 Å². The van der Waals surface area contributed by atoms with Crippen molar-refractivity contribution in [3.8, 4) is 0 Å². The van der Waals surface area contributed by atoms with Crippen molar-refractivity contribution >= 4 is 17.5 Å². The molecule has 1 atom stereocenters. The van der Waals surface area contributed by atoms with Crippen molar-refractivity contribution in [3.05, 3.63) is 11.9 Å². The van der Waals surface area contributed by atoms with E-state index in [1.807, 2.05) is 4.90 Å². The second-order valence-corrected chi connectivity index (χ2v) is 4.50. The second kappa shape index (κ2) is 5.83. The van der Waals surface area contributed by atoms with Gasteiger partial charge in [0, 0.05) is 12.1 Å². The van der Waals surface area contributed by atoms with Crippen molar-refractivity contribution in [1.29, 1.82) is 0 Å². The van der Waals surface area contributed by atoms with E-state index in [0.29, 0.717) is 24.8 Å². The van der Waals surface area contributed by atoms with Crippen LogP contribution in [0.25, 0.3) is 0 Å². The Balaban J connectivity index is 2.38. The average Bonchev–Trinajstić information content (AvgIpc) is 2.41. The van der Waals surface area contributed by atoms with Crippen LogP contribution < -0.4 is 16.4 Å². The quantitative estimate of drug-likeness (QED) is 0.774. The lowest BCUT2D eigenvalue weighted by Crippen LogP contribution is -2.53. The third-order valence-corrected chi connectivity index (χ3v) is 3.18. The number of carbonyl (C=O) groups excluding carboxylic acids is 1. The fourth-order valence-electron chi connectivity index (χ4n) is 2.25. The highest BCUT2D eigenvalue weighted by Gasteiger charge is 2.30. The smallest absolute Gasteiger partial charge is 0.242 e. The van der Waals surface area contributed by atoms with Gasteiger partial charge in [-0.15, -0.1) is 0 Å². The van der Waals surface area contributed by atoms with E-state index in [4.69, 9.17) is 16.2 Å². The molecule has 1 unspecified atom stereocenters. The minimum absolute atomic E-state index is 0.283. The first-order valence-corrected chi connectivity index (χ1v) is 6.38. The normalized spacial score (nSPS) is 19.4. The van der Waals surface area contributed by atoms with Crippen LogP contribution in [0.2, 0.25) is 0 Å². The summed E-state index contributed by atoms with van der Waals surface area (Å²) in [5.74, 6) is 0.738. The molecular formula is C12H19N5O2. The molecule has 104 valence electrons. The summed E-state index contributed by atoms with van der Waals surface area (Å²) in [7, 11) is 0. The summed E-state index contributed by atoms with van der Waals surface area (Å²) in [6.45, 7) is 3.45.